The molecule has 198 valence electrons. The van der Waals surface area contributed by atoms with Crippen LogP contribution in [-0.2, 0) is 22.3 Å². The molecule has 1 N–H and O–H groups in total. The Morgan fingerprint density at radius 1 is 1.08 bits per heavy atom. The van der Waals surface area contributed by atoms with E-state index in [2.05, 4.69) is 5.32 Å². The Morgan fingerprint density at radius 3 is 2.55 bits per heavy atom. The summed E-state index contributed by atoms with van der Waals surface area (Å²) >= 11 is 0.737. The van der Waals surface area contributed by atoms with Crippen LogP contribution in [0.2, 0.25) is 0 Å². The summed E-state index contributed by atoms with van der Waals surface area (Å²) < 4.78 is 54.9. The summed E-state index contributed by atoms with van der Waals surface area (Å²) in [7, 11) is 0. The SMILES string of the molecule is C[C@@H](OC(=O)c1ccccc1Sc1ccc(C(F)(F)F)cc1[N+](=O)[O-])C(=O)NCc1ccc2c(c1)OCO2. The third kappa shape index (κ3) is 6.17. The normalized spacial score (nSPS) is 13.1. The number of carbonyl (C=O) groups is 2. The highest BCUT2D eigenvalue weighted by atomic mass is 32.2. The van der Waals surface area contributed by atoms with Crippen LogP contribution in [0, 0.1) is 10.1 Å². The number of nitrogens with one attached hydrogen (secondary N) is 1. The highest BCUT2D eigenvalue weighted by Gasteiger charge is 2.33. The van der Waals surface area contributed by atoms with Gasteiger partial charge in [0.2, 0.25) is 6.79 Å². The van der Waals surface area contributed by atoms with Crippen LogP contribution in [0.25, 0.3) is 0 Å². The van der Waals surface area contributed by atoms with Gasteiger partial charge in [-0.05, 0) is 48.9 Å². The van der Waals surface area contributed by atoms with Gasteiger partial charge in [-0.2, -0.15) is 13.2 Å². The van der Waals surface area contributed by atoms with Crippen molar-refractivity contribution in [3.8, 4) is 11.5 Å². The fourth-order valence-corrected chi connectivity index (χ4v) is 4.45. The maximum atomic E-state index is 13.0. The molecule has 3 aromatic rings. The molecule has 0 aliphatic carbocycles. The first-order valence-corrected chi connectivity index (χ1v) is 11.8. The number of amides is 1. The molecule has 0 unspecified atom stereocenters. The standard InChI is InChI=1S/C25H19F3N2O7S/c1-14(23(31)29-12-15-6-8-19-20(10-15)36-13-35-19)37-24(32)17-4-2-3-5-21(17)38-22-9-7-16(25(26,27)28)11-18(22)30(33)34/h2-11,14H,12-13H2,1H3,(H,29,31)/t14-/m1/s1. The lowest BCUT2D eigenvalue weighted by Crippen LogP contribution is -2.35. The van der Waals surface area contributed by atoms with Crippen LogP contribution in [0.3, 0.4) is 0 Å². The van der Waals surface area contributed by atoms with Crippen molar-refractivity contribution in [2.24, 2.45) is 0 Å². The Balaban J connectivity index is 1.44. The molecule has 3 aromatic carbocycles. The van der Waals surface area contributed by atoms with Gasteiger partial charge in [-0.3, -0.25) is 14.9 Å². The van der Waals surface area contributed by atoms with Crippen LogP contribution >= 0.6 is 11.8 Å². The molecule has 0 spiro atoms. The predicted molar refractivity (Wildman–Crippen MR) is 128 cm³/mol. The molecule has 1 heterocycles. The quantitative estimate of drug-likeness (QED) is 0.227. The Kier molecular flexibility index (Phi) is 7.76. The number of hydrogen-bond donors (Lipinski definition) is 1. The molecule has 1 atom stereocenters. The minimum Gasteiger partial charge on any atom is -0.454 e. The summed E-state index contributed by atoms with van der Waals surface area (Å²) in [4.78, 5) is 36.0. The van der Waals surface area contributed by atoms with E-state index in [1.54, 1.807) is 24.3 Å². The Labute approximate surface area is 218 Å². The van der Waals surface area contributed by atoms with Crippen LogP contribution in [0.5, 0.6) is 11.5 Å². The average molecular weight is 548 g/mol. The zero-order chi connectivity index (χ0) is 27.4. The van der Waals surface area contributed by atoms with E-state index >= 15 is 0 Å². The van der Waals surface area contributed by atoms with Gasteiger partial charge in [-0.25, -0.2) is 4.79 Å². The first-order valence-electron chi connectivity index (χ1n) is 11.0. The highest BCUT2D eigenvalue weighted by Crippen LogP contribution is 2.40. The second-order valence-corrected chi connectivity index (χ2v) is 9.07. The predicted octanol–water partition coefficient (Wildman–Crippen LogP) is 5.36. The molecule has 0 saturated carbocycles. The van der Waals surface area contributed by atoms with Crippen molar-refractivity contribution in [2.75, 3.05) is 6.79 Å². The fourth-order valence-electron chi connectivity index (χ4n) is 3.43. The zero-order valence-corrected chi connectivity index (χ0v) is 20.4. The molecule has 0 bridgehead atoms. The number of esters is 1. The molecule has 4 rings (SSSR count). The van der Waals surface area contributed by atoms with Crippen LogP contribution in [0.15, 0.2) is 70.5 Å². The molecule has 0 radical (unpaired) electrons. The summed E-state index contributed by atoms with van der Waals surface area (Å²) in [6.07, 6.45) is -5.94. The number of nitrogens with zero attached hydrogens (tertiary/aromatic N) is 1. The second kappa shape index (κ2) is 11.0. The van der Waals surface area contributed by atoms with E-state index in [0.29, 0.717) is 17.6 Å². The molecule has 13 heteroatoms. The smallest absolute Gasteiger partial charge is 0.416 e. The zero-order valence-electron chi connectivity index (χ0n) is 19.6. The van der Waals surface area contributed by atoms with Gasteiger partial charge in [0.05, 0.1) is 20.9 Å². The van der Waals surface area contributed by atoms with Crippen molar-refractivity contribution in [3.05, 3.63) is 87.5 Å². The van der Waals surface area contributed by atoms with E-state index in [4.69, 9.17) is 14.2 Å². The lowest BCUT2D eigenvalue weighted by atomic mass is 10.2. The Hall–Kier alpha value is -4.26. The summed E-state index contributed by atoms with van der Waals surface area (Å²) in [6, 6.07) is 13.2. The summed E-state index contributed by atoms with van der Waals surface area (Å²) in [5, 5.41) is 14.1. The van der Waals surface area contributed by atoms with Gasteiger partial charge in [0, 0.05) is 17.5 Å². The Morgan fingerprint density at radius 2 is 1.82 bits per heavy atom. The number of nitro groups is 1. The third-order valence-corrected chi connectivity index (χ3v) is 6.51. The largest absolute Gasteiger partial charge is 0.454 e. The summed E-state index contributed by atoms with van der Waals surface area (Å²) in [5.41, 5.74) is -1.20. The number of carbonyl (C=O) groups excluding carboxylic acids is 2. The number of fused-ring (bicyclic) bond motifs is 1. The van der Waals surface area contributed by atoms with Crippen LogP contribution in [-0.4, -0.2) is 29.7 Å². The number of nitro benzene ring substituents is 1. The molecular formula is C25H19F3N2O7S. The topological polar surface area (TPSA) is 117 Å². The molecular weight excluding hydrogens is 529 g/mol. The lowest BCUT2D eigenvalue weighted by molar-refractivity contribution is -0.388. The van der Waals surface area contributed by atoms with E-state index < -0.39 is 40.3 Å². The van der Waals surface area contributed by atoms with E-state index in [1.807, 2.05) is 0 Å². The van der Waals surface area contributed by atoms with Crippen molar-refractivity contribution in [2.45, 2.75) is 35.5 Å². The van der Waals surface area contributed by atoms with E-state index in [0.717, 1.165) is 29.5 Å². The van der Waals surface area contributed by atoms with Gasteiger partial charge in [-0.15, -0.1) is 0 Å². The molecule has 0 fully saturated rings. The number of rotatable bonds is 8. The maximum Gasteiger partial charge on any atom is 0.416 e. The fraction of sp³-hybridized carbons (Fsp3) is 0.200. The number of halogens is 3. The first kappa shape index (κ1) is 26.8. The van der Waals surface area contributed by atoms with Gasteiger partial charge in [0.25, 0.3) is 11.6 Å². The average Bonchev–Trinajstić information content (AvgIpc) is 3.35. The summed E-state index contributed by atoms with van der Waals surface area (Å²) in [5.74, 6) is -0.299. The van der Waals surface area contributed by atoms with Gasteiger partial charge >= 0.3 is 12.1 Å². The number of hydrogen-bond acceptors (Lipinski definition) is 8. The minimum atomic E-state index is -4.75. The molecule has 1 aliphatic rings. The molecule has 0 saturated heterocycles. The first-order chi connectivity index (χ1) is 18.0. The number of benzene rings is 3. The highest BCUT2D eigenvalue weighted by molar-refractivity contribution is 7.99. The maximum absolute atomic E-state index is 13.0. The van der Waals surface area contributed by atoms with Gasteiger partial charge in [-0.1, -0.05) is 30.0 Å². The Bertz CT molecular complexity index is 1400. The van der Waals surface area contributed by atoms with E-state index in [1.165, 1.54) is 25.1 Å². The lowest BCUT2D eigenvalue weighted by Gasteiger charge is -2.15. The molecule has 0 aromatic heterocycles. The molecule has 1 aliphatic heterocycles. The van der Waals surface area contributed by atoms with Crippen molar-refractivity contribution in [1.29, 1.82) is 0 Å². The number of alkyl halides is 3. The van der Waals surface area contributed by atoms with Crippen molar-refractivity contribution in [1.82, 2.24) is 5.32 Å². The van der Waals surface area contributed by atoms with Crippen molar-refractivity contribution >= 4 is 29.3 Å². The van der Waals surface area contributed by atoms with Gasteiger partial charge < -0.3 is 19.5 Å². The van der Waals surface area contributed by atoms with Crippen molar-refractivity contribution < 1.29 is 41.9 Å². The van der Waals surface area contributed by atoms with Gasteiger partial charge in [0.1, 0.15) is 0 Å². The molecule has 38 heavy (non-hydrogen) atoms. The van der Waals surface area contributed by atoms with Crippen LogP contribution in [0.4, 0.5) is 18.9 Å². The number of ether oxygens (including phenoxy) is 3. The van der Waals surface area contributed by atoms with E-state index in [9.17, 15) is 32.9 Å². The minimum absolute atomic E-state index is 0.0119. The second-order valence-electron chi connectivity index (χ2n) is 7.99. The van der Waals surface area contributed by atoms with Crippen molar-refractivity contribution in [3.63, 3.8) is 0 Å². The third-order valence-electron chi connectivity index (χ3n) is 5.37. The molecule has 1 amide bonds. The molecule has 9 nitrogen and oxygen atoms in total. The van der Waals surface area contributed by atoms with Crippen LogP contribution in [0.1, 0.15) is 28.4 Å². The monoisotopic (exact) mass is 548 g/mol. The summed E-state index contributed by atoms with van der Waals surface area (Å²) in [6.45, 7) is 1.63. The van der Waals surface area contributed by atoms with Gasteiger partial charge in [0.15, 0.2) is 17.6 Å². The van der Waals surface area contributed by atoms with Crippen LogP contribution < -0.4 is 14.8 Å². The van der Waals surface area contributed by atoms with E-state index in [-0.39, 0.29) is 28.7 Å².